The molecule has 6 nitrogen and oxygen atoms in total. The highest BCUT2D eigenvalue weighted by atomic mass is 32.2. The predicted molar refractivity (Wildman–Crippen MR) is 148 cm³/mol. The van der Waals surface area contributed by atoms with E-state index in [2.05, 4.69) is 5.32 Å². The van der Waals surface area contributed by atoms with Crippen LogP contribution >= 0.6 is 23.5 Å². The number of fused-ring (bicyclic) bond motifs is 2. The van der Waals surface area contributed by atoms with Gasteiger partial charge in [0.2, 0.25) is 0 Å². The Bertz CT molecular complexity index is 1520. The summed E-state index contributed by atoms with van der Waals surface area (Å²) < 4.78 is 5.29. The van der Waals surface area contributed by atoms with E-state index in [1.807, 2.05) is 84.9 Å². The molecule has 0 aliphatic carbocycles. The Labute approximate surface area is 222 Å². The minimum absolute atomic E-state index is 0.0418. The van der Waals surface area contributed by atoms with Gasteiger partial charge in [0, 0.05) is 21.4 Å². The molecular formula is C29H21N3O3S2. The Morgan fingerprint density at radius 1 is 0.946 bits per heavy atom. The molecule has 0 saturated heterocycles. The van der Waals surface area contributed by atoms with Gasteiger partial charge in [-0.1, -0.05) is 96.3 Å². The third-order valence-electron chi connectivity index (χ3n) is 6.36. The van der Waals surface area contributed by atoms with Gasteiger partial charge in [-0.15, -0.1) is 0 Å². The van der Waals surface area contributed by atoms with E-state index in [4.69, 9.17) is 4.74 Å². The molecule has 182 valence electrons. The van der Waals surface area contributed by atoms with Crippen LogP contribution in [0.5, 0.6) is 0 Å². The average molecular weight is 524 g/mol. The third kappa shape index (κ3) is 3.98. The number of benzene rings is 3. The number of amides is 1. The summed E-state index contributed by atoms with van der Waals surface area (Å²) in [6, 6.07) is 27.1. The molecule has 2 N–H and O–H groups in total. The summed E-state index contributed by atoms with van der Waals surface area (Å²) >= 11 is 2.81. The summed E-state index contributed by atoms with van der Waals surface area (Å²) in [6.45, 7) is 0. The second-order valence-corrected chi connectivity index (χ2v) is 10.6. The van der Waals surface area contributed by atoms with E-state index >= 15 is 0 Å². The summed E-state index contributed by atoms with van der Waals surface area (Å²) in [5.41, 5.74) is 3.53. The van der Waals surface area contributed by atoms with Crippen molar-refractivity contribution >= 4 is 51.8 Å². The van der Waals surface area contributed by atoms with E-state index in [1.54, 1.807) is 0 Å². The molecule has 0 aromatic heterocycles. The second kappa shape index (κ2) is 9.46. The molecular weight excluding hydrogens is 502 g/mol. The minimum atomic E-state index is -0.605. The van der Waals surface area contributed by atoms with E-state index in [9.17, 15) is 15.0 Å². The molecule has 1 atom stereocenters. The number of anilines is 1. The average Bonchev–Trinajstić information content (AvgIpc) is 3.37. The molecule has 0 fully saturated rings. The number of para-hydroxylation sites is 1. The van der Waals surface area contributed by atoms with Crippen molar-refractivity contribution in [1.82, 2.24) is 4.90 Å². The Balaban J connectivity index is 1.59. The minimum Gasteiger partial charge on any atom is -0.466 e. The lowest BCUT2D eigenvalue weighted by Crippen LogP contribution is -2.44. The maximum atomic E-state index is 13.6. The number of rotatable bonds is 3. The van der Waals surface area contributed by atoms with Crippen LogP contribution in [0.15, 0.2) is 117 Å². The molecule has 8 heteroatoms. The van der Waals surface area contributed by atoms with Crippen LogP contribution in [0.3, 0.4) is 0 Å². The molecule has 0 radical (unpaired) electrons. The Morgan fingerprint density at radius 3 is 2.32 bits per heavy atom. The standard InChI is InChI=1S/C29H21N3O3S2/c1-35-29(34)25-23(18-12-6-3-7-13-18)24(27-31-19-14-8-9-15-20(19)36-27)26(30)32-22(33)16-21(37-28(25)32)17-10-4-2-5-11-17/h2-16,23,30-31H,1H3/b27-24-,30-26?. The Kier molecular flexibility index (Phi) is 5.98. The van der Waals surface area contributed by atoms with Crippen LogP contribution in [-0.4, -0.2) is 29.7 Å². The number of esters is 1. The largest absolute Gasteiger partial charge is 0.466 e. The molecule has 1 amide bonds. The molecule has 37 heavy (non-hydrogen) atoms. The summed E-state index contributed by atoms with van der Waals surface area (Å²) in [5, 5.41) is 13.8. The maximum Gasteiger partial charge on any atom is 0.337 e. The molecule has 3 heterocycles. The lowest BCUT2D eigenvalue weighted by molar-refractivity contribution is -0.136. The van der Waals surface area contributed by atoms with Gasteiger partial charge in [0.05, 0.1) is 29.3 Å². The van der Waals surface area contributed by atoms with Crippen molar-refractivity contribution < 1.29 is 14.3 Å². The summed E-state index contributed by atoms with van der Waals surface area (Å²) in [5.74, 6) is -1.47. The second-order valence-electron chi connectivity index (χ2n) is 8.52. The van der Waals surface area contributed by atoms with Crippen LogP contribution in [0, 0.1) is 5.41 Å². The number of nitrogens with zero attached hydrogens (tertiary/aromatic N) is 1. The van der Waals surface area contributed by atoms with Gasteiger partial charge in [0.15, 0.2) is 0 Å². The first kappa shape index (κ1) is 23.4. The van der Waals surface area contributed by atoms with E-state index < -0.39 is 11.9 Å². The zero-order valence-electron chi connectivity index (χ0n) is 19.7. The van der Waals surface area contributed by atoms with E-state index in [-0.39, 0.29) is 11.7 Å². The van der Waals surface area contributed by atoms with Gasteiger partial charge in [0.25, 0.3) is 5.91 Å². The monoisotopic (exact) mass is 523 g/mol. The number of nitrogens with one attached hydrogen (secondary N) is 2. The summed E-state index contributed by atoms with van der Waals surface area (Å²) in [7, 11) is 1.34. The Morgan fingerprint density at radius 2 is 1.62 bits per heavy atom. The highest BCUT2D eigenvalue weighted by Gasteiger charge is 2.46. The zero-order valence-corrected chi connectivity index (χ0v) is 21.4. The van der Waals surface area contributed by atoms with Gasteiger partial charge in [0.1, 0.15) is 10.9 Å². The van der Waals surface area contributed by atoms with Crippen molar-refractivity contribution in [2.75, 3.05) is 12.4 Å². The normalized spacial score (nSPS) is 20.7. The molecule has 6 rings (SSSR count). The molecule has 3 aliphatic heterocycles. The highest BCUT2D eigenvalue weighted by Crippen LogP contribution is 2.53. The van der Waals surface area contributed by atoms with Gasteiger partial charge in [-0.05, 0) is 23.3 Å². The van der Waals surface area contributed by atoms with Crippen molar-refractivity contribution in [2.24, 2.45) is 0 Å². The number of amidine groups is 1. The van der Waals surface area contributed by atoms with E-state index in [0.717, 1.165) is 31.6 Å². The fraction of sp³-hybridized carbons (Fsp3) is 0.0690. The number of carbonyl (C=O) groups is 2. The van der Waals surface area contributed by atoms with Crippen molar-refractivity contribution in [3.8, 4) is 0 Å². The number of ether oxygens (including phenoxy) is 1. The fourth-order valence-corrected chi connectivity index (χ4v) is 6.97. The summed E-state index contributed by atoms with van der Waals surface area (Å²) in [4.78, 5) is 30.1. The molecule has 0 spiro atoms. The Hall–Kier alpha value is -4.01. The fourth-order valence-electron chi connectivity index (χ4n) is 4.68. The van der Waals surface area contributed by atoms with Crippen molar-refractivity contribution in [1.29, 1.82) is 5.41 Å². The topological polar surface area (TPSA) is 82.5 Å². The first-order valence-corrected chi connectivity index (χ1v) is 13.2. The van der Waals surface area contributed by atoms with Crippen molar-refractivity contribution in [3.05, 3.63) is 123 Å². The smallest absolute Gasteiger partial charge is 0.337 e. The number of hydrogen-bond donors (Lipinski definition) is 2. The highest BCUT2D eigenvalue weighted by molar-refractivity contribution is 8.12. The quantitative estimate of drug-likeness (QED) is 0.398. The predicted octanol–water partition coefficient (Wildman–Crippen LogP) is 6.19. The van der Waals surface area contributed by atoms with Gasteiger partial charge >= 0.3 is 5.97 Å². The number of thioether (sulfide) groups is 2. The van der Waals surface area contributed by atoms with Crippen LogP contribution in [-0.2, 0) is 14.3 Å². The third-order valence-corrected chi connectivity index (χ3v) is 8.63. The van der Waals surface area contributed by atoms with E-state index in [0.29, 0.717) is 16.2 Å². The van der Waals surface area contributed by atoms with Crippen LogP contribution in [0.1, 0.15) is 17.0 Å². The van der Waals surface area contributed by atoms with E-state index in [1.165, 1.54) is 41.6 Å². The molecule has 3 aromatic rings. The molecule has 1 unspecified atom stereocenters. The lowest BCUT2D eigenvalue weighted by Gasteiger charge is -2.39. The van der Waals surface area contributed by atoms with Gasteiger partial charge in [-0.25, -0.2) is 4.79 Å². The van der Waals surface area contributed by atoms with Gasteiger partial charge < -0.3 is 10.1 Å². The molecule has 0 saturated carbocycles. The van der Waals surface area contributed by atoms with Crippen LogP contribution in [0.4, 0.5) is 5.69 Å². The van der Waals surface area contributed by atoms with Crippen molar-refractivity contribution in [2.45, 2.75) is 10.8 Å². The van der Waals surface area contributed by atoms with Crippen molar-refractivity contribution in [3.63, 3.8) is 0 Å². The number of methoxy groups -OCH3 is 1. The lowest BCUT2D eigenvalue weighted by atomic mass is 9.81. The van der Waals surface area contributed by atoms with Crippen LogP contribution in [0.2, 0.25) is 0 Å². The first-order chi connectivity index (χ1) is 18.1. The number of carbonyl (C=O) groups excluding carboxylic acids is 2. The first-order valence-electron chi connectivity index (χ1n) is 11.6. The van der Waals surface area contributed by atoms with Crippen LogP contribution in [0.25, 0.3) is 4.91 Å². The molecule has 3 aromatic carbocycles. The van der Waals surface area contributed by atoms with Crippen LogP contribution < -0.4 is 5.32 Å². The van der Waals surface area contributed by atoms with Gasteiger partial charge in [-0.2, -0.15) is 0 Å². The number of hydrogen-bond acceptors (Lipinski definition) is 7. The zero-order chi connectivity index (χ0) is 25.5. The SMILES string of the molecule is COC(=O)C1=C2SC(c3ccccc3)=CC(=O)N2C(=N)/C(=C2/Nc3ccccc3S2)C1c1ccccc1. The van der Waals surface area contributed by atoms with Gasteiger partial charge in [-0.3, -0.25) is 15.1 Å². The maximum absolute atomic E-state index is 13.6. The summed E-state index contributed by atoms with van der Waals surface area (Å²) in [6.07, 6.45) is 1.53. The molecule has 0 bridgehead atoms. The molecule has 3 aliphatic rings.